The van der Waals surface area contributed by atoms with E-state index in [1.807, 2.05) is 6.07 Å². The molecule has 1 saturated heterocycles. The van der Waals surface area contributed by atoms with E-state index in [0.717, 1.165) is 25.7 Å². The molecular weight excluding hydrogens is 426 g/mol. The first kappa shape index (κ1) is 22.3. The summed E-state index contributed by atoms with van der Waals surface area (Å²) in [7, 11) is 0. The minimum atomic E-state index is -0.199. The second kappa shape index (κ2) is 10.2. The molecule has 1 heterocycles. The molecule has 1 saturated carbocycles. The molecule has 1 aliphatic heterocycles. The molecule has 32 heavy (non-hydrogen) atoms. The molecule has 2 aromatic carbocycles. The van der Waals surface area contributed by atoms with Crippen LogP contribution in [0.5, 0.6) is 0 Å². The number of nitrogens with one attached hydrogen (secondary N) is 2. The predicted molar refractivity (Wildman–Crippen MR) is 125 cm³/mol. The normalized spacial score (nSPS) is 17.2. The number of nitrogens with zero attached hydrogens (tertiary/aromatic N) is 1. The molecule has 0 bridgehead atoms. The van der Waals surface area contributed by atoms with Gasteiger partial charge in [-0.1, -0.05) is 36.6 Å². The monoisotopic (exact) mass is 453 g/mol. The largest absolute Gasteiger partial charge is 0.349 e. The van der Waals surface area contributed by atoms with E-state index >= 15 is 0 Å². The summed E-state index contributed by atoms with van der Waals surface area (Å²) in [5, 5.41) is 6.62. The van der Waals surface area contributed by atoms with Gasteiger partial charge in [0, 0.05) is 35.6 Å². The number of halogens is 1. The lowest BCUT2D eigenvalue weighted by atomic mass is 9.95. The number of amides is 3. The van der Waals surface area contributed by atoms with Crippen molar-refractivity contribution in [2.75, 3.05) is 18.4 Å². The number of rotatable bonds is 5. The molecule has 0 radical (unpaired) electrons. The topological polar surface area (TPSA) is 78.5 Å². The van der Waals surface area contributed by atoms with Crippen molar-refractivity contribution in [1.82, 2.24) is 10.2 Å². The lowest BCUT2D eigenvalue weighted by Crippen LogP contribution is -2.41. The highest BCUT2D eigenvalue weighted by Gasteiger charge is 2.29. The highest BCUT2D eigenvalue weighted by atomic mass is 35.5. The van der Waals surface area contributed by atoms with E-state index in [2.05, 4.69) is 10.6 Å². The third kappa shape index (κ3) is 5.30. The van der Waals surface area contributed by atoms with Crippen molar-refractivity contribution in [1.29, 1.82) is 0 Å². The molecule has 2 aliphatic rings. The Morgan fingerprint density at radius 3 is 2.22 bits per heavy atom. The van der Waals surface area contributed by atoms with E-state index in [0.29, 0.717) is 47.8 Å². The SMILES string of the molecule is O=C(NC1CCCC1)c1ccccc1NC(=O)C1CCN(C(=O)c2ccc(Cl)cc2)CC1. The number of benzene rings is 2. The third-order valence-electron chi connectivity index (χ3n) is 6.36. The maximum absolute atomic E-state index is 12.9. The van der Waals surface area contributed by atoms with Crippen LogP contribution < -0.4 is 10.6 Å². The van der Waals surface area contributed by atoms with E-state index in [-0.39, 0.29) is 29.7 Å². The van der Waals surface area contributed by atoms with Crippen molar-refractivity contribution in [3.63, 3.8) is 0 Å². The van der Waals surface area contributed by atoms with Crippen LogP contribution in [0.15, 0.2) is 48.5 Å². The fourth-order valence-corrected chi connectivity index (χ4v) is 4.60. The third-order valence-corrected chi connectivity index (χ3v) is 6.62. The standard InChI is InChI=1S/C25H28ClN3O3/c26-19-11-9-18(10-12-19)25(32)29-15-13-17(14-16-29)23(30)28-22-8-4-3-7-21(22)24(31)27-20-5-1-2-6-20/h3-4,7-12,17,20H,1-2,5-6,13-16H2,(H,27,31)(H,28,30). The smallest absolute Gasteiger partial charge is 0.253 e. The summed E-state index contributed by atoms with van der Waals surface area (Å²) in [6.45, 7) is 1.03. The van der Waals surface area contributed by atoms with E-state index in [1.54, 1.807) is 47.4 Å². The quantitative estimate of drug-likeness (QED) is 0.699. The molecule has 7 heteroatoms. The lowest BCUT2D eigenvalue weighted by molar-refractivity contribution is -0.121. The Labute approximate surface area is 193 Å². The number of carbonyl (C=O) groups excluding carboxylic acids is 3. The summed E-state index contributed by atoms with van der Waals surface area (Å²) in [6, 6.07) is 14.2. The van der Waals surface area contributed by atoms with E-state index in [4.69, 9.17) is 11.6 Å². The van der Waals surface area contributed by atoms with E-state index < -0.39 is 0 Å². The van der Waals surface area contributed by atoms with Crippen LogP contribution >= 0.6 is 11.6 Å². The zero-order valence-electron chi connectivity index (χ0n) is 18.0. The minimum Gasteiger partial charge on any atom is -0.349 e. The summed E-state index contributed by atoms with van der Waals surface area (Å²) in [5.41, 5.74) is 1.62. The van der Waals surface area contributed by atoms with Crippen LogP contribution in [-0.4, -0.2) is 41.8 Å². The Hall–Kier alpha value is -2.86. The number of anilines is 1. The highest BCUT2D eigenvalue weighted by molar-refractivity contribution is 6.30. The van der Waals surface area contributed by atoms with Gasteiger partial charge >= 0.3 is 0 Å². The average Bonchev–Trinajstić information content (AvgIpc) is 3.32. The molecular formula is C25H28ClN3O3. The van der Waals surface area contributed by atoms with Crippen LogP contribution in [0, 0.1) is 5.92 Å². The first-order chi connectivity index (χ1) is 15.5. The van der Waals surface area contributed by atoms with Crippen LogP contribution in [0.1, 0.15) is 59.2 Å². The Morgan fingerprint density at radius 2 is 1.53 bits per heavy atom. The van der Waals surface area contributed by atoms with Gasteiger partial charge in [-0.05, 0) is 62.1 Å². The van der Waals surface area contributed by atoms with Crippen LogP contribution in [0.2, 0.25) is 5.02 Å². The van der Waals surface area contributed by atoms with Crippen molar-refractivity contribution >= 4 is 35.0 Å². The first-order valence-corrected chi connectivity index (χ1v) is 11.6. The summed E-state index contributed by atoms with van der Waals surface area (Å²) < 4.78 is 0. The molecule has 2 aromatic rings. The van der Waals surface area contributed by atoms with E-state index in [9.17, 15) is 14.4 Å². The Kier molecular flexibility index (Phi) is 7.10. The second-order valence-electron chi connectivity index (χ2n) is 8.56. The van der Waals surface area contributed by atoms with Gasteiger partial charge in [0.25, 0.3) is 11.8 Å². The highest BCUT2D eigenvalue weighted by Crippen LogP contribution is 2.24. The maximum Gasteiger partial charge on any atom is 0.253 e. The molecule has 0 aromatic heterocycles. The zero-order chi connectivity index (χ0) is 22.5. The molecule has 168 valence electrons. The Balaban J connectivity index is 1.34. The first-order valence-electron chi connectivity index (χ1n) is 11.3. The van der Waals surface area contributed by atoms with Gasteiger partial charge in [-0.3, -0.25) is 14.4 Å². The average molecular weight is 454 g/mol. The number of carbonyl (C=O) groups is 3. The summed E-state index contributed by atoms with van der Waals surface area (Å²) in [4.78, 5) is 40.1. The second-order valence-corrected chi connectivity index (χ2v) is 9.00. The fourth-order valence-electron chi connectivity index (χ4n) is 4.48. The van der Waals surface area contributed by atoms with Crippen molar-refractivity contribution in [2.45, 2.75) is 44.6 Å². The van der Waals surface area contributed by atoms with Gasteiger partial charge in [0.1, 0.15) is 0 Å². The van der Waals surface area contributed by atoms with E-state index in [1.165, 1.54) is 0 Å². The predicted octanol–water partition coefficient (Wildman–Crippen LogP) is 4.50. The van der Waals surface area contributed by atoms with Crippen molar-refractivity contribution < 1.29 is 14.4 Å². The minimum absolute atomic E-state index is 0.0468. The van der Waals surface area contributed by atoms with Gasteiger partial charge in [0.2, 0.25) is 5.91 Å². The lowest BCUT2D eigenvalue weighted by Gasteiger charge is -2.31. The van der Waals surface area contributed by atoms with Gasteiger partial charge in [-0.15, -0.1) is 0 Å². The molecule has 2 fully saturated rings. The molecule has 2 N–H and O–H groups in total. The van der Waals surface area contributed by atoms with Crippen LogP contribution in [0.4, 0.5) is 5.69 Å². The number of para-hydroxylation sites is 1. The molecule has 0 spiro atoms. The zero-order valence-corrected chi connectivity index (χ0v) is 18.7. The molecule has 0 unspecified atom stereocenters. The maximum atomic E-state index is 12.9. The van der Waals surface area contributed by atoms with Gasteiger partial charge < -0.3 is 15.5 Å². The van der Waals surface area contributed by atoms with Gasteiger partial charge in [0.05, 0.1) is 11.3 Å². The van der Waals surface area contributed by atoms with Crippen molar-refractivity contribution in [3.8, 4) is 0 Å². The van der Waals surface area contributed by atoms with Crippen molar-refractivity contribution in [2.24, 2.45) is 5.92 Å². The number of hydrogen-bond acceptors (Lipinski definition) is 3. The molecule has 0 atom stereocenters. The number of piperidine rings is 1. The van der Waals surface area contributed by atoms with Crippen LogP contribution in [-0.2, 0) is 4.79 Å². The molecule has 6 nitrogen and oxygen atoms in total. The number of likely N-dealkylation sites (tertiary alicyclic amines) is 1. The van der Waals surface area contributed by atoms with Gasteiger partial charge in [-0.25, -0.2) is 0 Å². The summed E-state index contributed by atoms with van der Waals surface area (Å²) in [5.74, 6) is -0.495. The summed E-state index contributed by atoms with van der Waals surface area (Å²) >= 11 is 5.90. The molecule has 3 amide bonds. The van der Waals surface area contributed by atoms with Crippen molar-refractivity contribution in [3.05, 3.63) is 64.7 Å². The fraction of sp³-hybridized carbons (Fsp3) is 0.400. The Bertz CT molecular complexity index is 978. The molecule has 4 rings (SSSR count). The molecule has 1 aliphatic carbocycles. The van der Waals surface area contributed by atoms with Gasteiger partial charge in [-0.2, -0.15) is 0 Å². The van der Waals surface area contributed by atoms with Gasteiger partial charge in [0.15, 0.2) is 0 Å². The Morgan fingerprint density at radius 1 is 0.875 bits per heavy atom. The summed E-state index contributed by atoms with van der Waals surface area (Å²) in [6.07, 6.45) is 5.47. The number of hydrogen-bond donors (Lipinski definition) is 2. The van der Waals surface area contributed by atoms with Crippen LogP contribution in [0.25, 0.3) is 0 Å². The van der Waals surface area contributed by atoms with Crippen LogP contribution in [0.3, 0.4) is 0 Å².